The minimum absolute atomic E-state index is 0.389. The predicted octanol–water partition coefficient (Wildman–Crippen LogP) is 1.01. The van der Waals surface area contributed by atoms with Gasteiger partial charge in [-0.25, -0.2) is 0 Å². The van der Waals surface area contributed by atoms with E-state index < -0.39 is 0 Å². The molecule has 2 rings (SSSR count). The van der Waals surface area contributed by atoms with Crippen LogP contribution in [0.15, 0.2) is 18.5 Å². The van der Waals surface area contributed by atoms with Crippen LogP contribution in [-0.2, 0) is 6.54 Å². The number of aromatic nitrogens is 1. The highest BCUT2D eigenvalue weighted by Crippen LogP contribution is 2.15. The van der Waals surface area contributed by atoms with Crippen LogP contribution in [0.2, 0.25) is 0 Å². The van der Waals surface area contributed by atoms with Gasteiger partial charge in [-0.1, -0.05) is 0 Å². The van der Waals surface area contributed by atoms with E-state index in [-0.39, 0.29) is 0 Å². The molecule has 0 bridgehead atoms. The third-order valence-corrected chi connectivity index (χ3v) is 3.04. The number of ether oxygens (including phenoxy) is 1. The summed E-state index contributed by atoms with van der Waals surface area (Å²) >= 11 is 0. The summed E-state index contributed by atoms with van der Waals surface area (Å²) < 4.78 is 5.16. The molecule has 1 aromatic heterocycles. The summed E-state index contributed by atoms with van der Waals surface area (Å²) in [4.78, 5) is 6.58. The third kappa shape index (κ3) is 2.93. The van der Waals surface area contributed by atoms with E-state index in [1.807, 2.05) is 12.3 Å². The molecular weight excluding hydrogens is 202 g/mol. The van der Waals surface area contributed by atoms with Gasteiger partial charge in [0, 0.05) is 18.8 Å². The monoisotopic (exact) mass is 221 g/mol. The lowest BCUT2D eigenvalue weighted by atomic mass is 10.1. The Morgan fingerprint density at radius 2 is 2.19 bits per heavy atom. The number of methoxy groups -OCH3 is 1. The van der Waals surface area contributed by atoms with Crippen molar-refractivity contribution in [3.63, 3.8) is 0 Å². The van der Waals surface area contributed by atoms with Crippen molar-refractivity contribution in [2.24, 2.45) is 5.73 Å². The Balaban J connectivity index is 1.93. The van der Waals surface area contributed by atoms with Gasteiger partial charge in [0.05, 0.1) is 13.3 Å². The van der Waals surface area contributed by atoms with E-state index >= 15 is 0 Å². The van der Waals surface area contributed by atoms with Crippen LogP contribution < -0.4 is 10.5 Å². The van der Waals surface area contributed by atoms with Crippen LogP contribution in [0.25, 0.3) is 0 Å². The molecule has 0 spiro atoms. The fraction of sp³-hybridized carbons (Fsp3) is 0.583. The van der Waals surface area contributed by atoms with Crippen molar-refractivity contribution in [2.75, 3.05) is 20.2 Å². The largest absolute Gasteiger partial charge is 0.495 e. The van der Waals surface area contributed by atoms with Gasteiger partial charge >= 0.3 is 0 Å². The number of hydrogen-bond donors (Lipinski definition) is 1. The van der Waals surface area contributed by atoms with Gasteiger partial charge in [0.15, 0.2) is 0 Å². The SMILES string of the molecule is COc1cncc(CN2CCC(N)CC2)c1. The highest BCUT2D eigenvalue weighted by atomic mass is 16.5. The number of rotatable bonds is 3. The first-order chi connectivity index (χ1) is 7.78. The smallest absolute Gasteiger partial charge is 0.137 e. The first-order valence-corrected chi connectivity index (χ1v) is 5.74. The van der Waals surface area contributed by atoms with E-state index in [0.717, 1.165) is 38.2 Å². The van der Waals surface area contributed by atoms with Gasteiger partial charge in [0.25, 0.3) is 0 Å². The van der Waals surface area contributed by atoms with E-state index in [2.05, 4.69) is 9.88 Å². The lowest BCUT2D eigenvalue weighted by Crippen LogP contribution is -2.39. The quantitative estimate of drug-likeness (QED) is 0.827. The lowest BCUT2D eigenvalue weighted by Gasteiger charge is -2.29. The molecule has 0 aromatic carbocycles. The van der Waals surface area contributed by atoms with Crippen molar-refractivity contribution >= 4 is 0 Å². The summed E-state index contributed by atoms with van der Waals surface area (Å²) in [6.45, 7) is 3.10. The van der Waals surface area contributed by atoms with Crippen molar-refractivity contribution in [3.8, 4) is 5.75 Å². The van der Waals surface area contributed by atoms with Crippen molar-refractivity contribution in [1.82, 2.24) is 9.88 Å². The lowest BCUT2D eigenvalue weighted by molar-refractivity contribution is 0.205. The molecule has 88 valence electrons. The first-order valence-electron chi connectivity index (χ1n) is 5.74. The summed E-state index contributed by atoms with van der Waals surface area (Å²) in [5, 5.41) is 0. The first kappa shape index (κ1) is 11.4. The second-order valence-electron chi connectivity index (χ2n) is 4.35. The molecule has 4 heteroatoms. The van der Waals surface area contributed by atoms with Crippen molar-refractivity contribution < 1.29 is 4.74 Å². The molecule has 0 radical (unpaired) electrons. The normalized spacial score (nSPS) is 18.6. The van der Waals surface area contributed by atoms with Crippen molar-refractivity contribution in [3.05, 3.63) is 24.0 Å². The maximum atomic E-state index is 5.88. The molecule has 1 aliphatic rings. The van der Waals surface area contributed by atoms with Gasteiger partial charge in [-0.15, -0.1) is 0 Å². The zero-order valence-electron chi connectivity index (χ0n) is 9.72. The van der Waals surface area contributed by atoms with Gasteiger partial charge in [-0.2, -0.15) is 0 Å². The van der Waals surface area contributed by atoms with E-state index in [1.165, 1.54) is 5.56 Å². The highest BCUT2D eigenvalue weighted by Gasteiger charge is 2.16. The molecule has 4 nitrogen and oxygen atoms in total. The second kappa shape index (κ2) is 5.27. The maximum Gasteiger partial charge on any atom is 0.137 e. The average Bonchev–Trinajstić information content (AvgIpc) is 2.32. The zero-order valence-corrected chi connectivity index (χ0v) is 9.72. The summed E-state index contributed by atoms with van der Waals surface area (Å²) in [5.41, 5.74) is 7.08. The Labute approximate surface area is 96.4 Å². The fourth-order valence-corrected chi connectivity index (χ4v) is 2.03. The molecule has 0 atom stereocenters. The second-order valence-corrected chi connectivity index (χ2v) is 4.35. The Bertz CT molecular complexity index is 335. The molecule has 0 aliphatic carbocycles. The molecule has 0 amide bonds. The minimum Gasteiger partial charge on any atom is -0.495 e. The van der Waals surface area contributed by atoms with Crippen LogP contribution >= 0.6 is 0 Å². The third-order valence-electron chi connectivity index (χ3n) is 3.04. The molecule has 0 unspecified atom stereocenters. The zero-order chi connectivity index (χ0) is 11.4. The Kier molecular flexibility index (Phi) is 3.74. The Morgan fingerprint density at radius 1 is 1.44 bits per heavy atom. The van der Waals surface area contributed by atoms with Crippen LogP contribution in [0.3, 0.4) is 0 Å². The molecule has 2 heterocycles. The topological polar surface area (TPSA) is 51.4 Å². The standard InChI is InChI=1S/C12H19N3O/c1-16-12-6-10(7-14-8-12)9-15-4-2-11(13)3-5-15/h6-8,11H,2-5,9,13H2,1H3. The molecule has 1 saturated heterocycles. The highest BCUT2D eigenvalue weighted by molar-refractivity contribution is 5.23. The number of piperidine rings is 1. The molecule has 1 fully saturated rings. The van der Waals surface area contributed by atoms with Crippen LogP contribution in [-0.4, -0.2) is 36.1 Å². The Hall–Kier alpha value is -1.13. The number of nitrogens with two attached hydrogens (primary N) is 1. The average molecular weight is 221 g/mol. The minimum atomic E-state index is 0.389. The predicted molar refractivity (Wildman–Crippen MR) is 63.3 cm³/mol. The van der Waals surface area contributed by atoms with Crippen LogP contribution in [0.4, 0.5) is 0 Å². The van der Waals surface area contributed by atoms with Gasteiger partial charge in [-0.05, 0) is 37.6 Å². The van der Waals surface area contributed by atoms with Gasteiger partial charge in [0.1, 0.15) is 5.75 Å². The molecule has 1 aliphatic heterocycles. The summed E-state index contributed by atoms with van der Waals surface area (Å²) in [7, 11) is 1.67. The van der Waals surface area contributed by atoms with Crippen molar-refractivity contribution in [2.45, 2.75) is 25.4 Å². The summed E-state index contributed by atoms with van der Waals surface area (Å²) in [6, 6.07) is 2.43. The summed E-state index contributed by atoms with van der Waals surface area (Å²) in [5.74, 6) is 0.825. The molecule has 1 aromatic rings. The maximum absolute atomic E-state index is 5.88. The summed E-state index contributed by atoms with van der Waals surface area (Å²) in [6.07, 6.45) is 5.82. The van der Waals surface area contributed by atoms with E-state index in [4.69, 9.17) is 10.5 Å². The van der Waals surface area contributed by atoms with E-state index in [9.17, 15) is 0 Å². The van der Waals surface area contributed by atoms with Gasteiger partial charge < -0.3 is 10.5 Å². The molecule has 2 N–H and O–H groups in total. The number of likely N-dealkylation sites (tertiary alicyclic amines) is 1. The van der Waals surface area contributed by atoms with Crippen LogP contribution in [0.5, 0.6) is 5.75 Å². The molecule has 0 saturated carbocycles. The number of pyridine rings is 1. The number of nitrogens with zero attached hydrogens (tertiary/aromatic N) is 2. The molecular formula is C12H19N3O. The Morgan fingerprint density at radius 3 is 2.88 bits per heavy atom. The van der Waals surface area contributed by atoms with Gasteiger partial charge in [-0.3, -0.25) is 9.88 Å². The van der Waals surface area contributed by atoms with E-state index in [1.54, 1.807) is 13.3 Å². The number of hydrogen-bond acceptors (Lipinski definition) is 4. The van der Waals surface area contributed by atoms with Crippen LogP contribution in [0, 0.1) is 0 Å². The van der Waals surface area contributed by atoms with Gasteiger partial charge in [0.2, 0.25) is 0 Å². The van der Waals surface area contributed by atoms with Crippen LogP contribution in [0.1, 0.15) is 18.4 Å². The van der Waals surface area contributed by atoms with Crippen molar-refractivity contribution in [1.29, 1.82) is 0 Å². The molecule has 16 heavy (non-hydrogen) atoms. The fourth-order valence-electron chi connectivity index (χ4n) is 2.03. The van der Waals surface area contributed by atoms with E-state index in [0.29, 0.717) is 6.04 Å².